The summed E-state index contributed by atoms with van der Waals surface area (Å²) in [5, 5.41) is 0. The zero-order valence-corrected chi connectivity index (χ0v) is 11.2. The van der Waals surface area contributed by atoms with Crippen molar-refractivity contribution < 1.29 is 9.16 Å². The quantitative estimate of drug-likeness (QED) is 0.591. The molecule has 2 aromatic rings. The number of para-hydroxylation sites is 1. The third-order valence-electron chi connectivity index (χ3n) is 2.27. The van der Waals surface area contributed by atoms with Gasteiger partial charge in [0.1, 0.15) is 5.75 Å². The summed E-state index contributed by atoms with van der Waals surface area (Å²) in [6.45, 7) is 0. The first-order valence-corrected chi connectivity index (χ1v) is 6.01. The average molecular weight is 230 g/mol. The largest absolute Gasteiger partial charge is 0.462 e. The Morgan fingerprint density at radius 1 is 0.812 bits per heavy atom. The molecule has 0 aliphatic rings. The lowest BCUT2D eigenvalue weighted by Crippen LogP contribution is -2.10. The fourth-order valence-corrected chi connectivity index (χ4v) is 1.85. The van der Waals surface area contributed by atoms with E-state index in [9.17, 15) is 0 Å². The first-order chi connectivity index (χ1) is 7.90. The van der Waals surface area contributed by atoms with Crippen LogP contribution in [0.1, 0.15) is 11.9 Å². The molecule has 0 aliphatic carbocycles. The van der Waals surface area contributed by atoms with Gasteiger partial charge >= 0.3 is 0 Å². The van der Waals surface area contributed by atoms with Gasteiger partial charge < -0.3 is 9.16 Å². The van der Waals surface area contributed by atoms with Crippen molar-refractivity contribution in [1.29, 1.82) is 0 Å². The molecule has 3 heteroatoms. The maximum atomic E-state index is 5.76. The average Bonchev–Trinajstić information content (AvgIpc) is 2.38. The van der Waals surface area contributed by atoms with Crippen LogP contribution >= 0.6 is 0 Å². The van der Waals surface area contributed by atoms with Crippen LogP contribution in [-0.4, -0.2) is 10.5 Å². The van der Waals surface area contributed by atoms with Crippen molar-refractivity contribution in [3.8, 4) is 5.75 Å². The highest BCUT2D eigenvalue weighted by molar-refractivity contribution is 5.98. The first kappa shape index (κ1) is 10.9. The number of rotatable bonds is 4. The van der Waals surface area contributed by atoms with Gasteiger partial charge in [-0.1, -0.05) is 48.5 Å². The van der Waals surface area contributed by atoms with Crippen LogP contribution in [-0.2, 0) is 4.43 Å². The third-order valence-corrected chi connectivity index (χ3v) is 2.70. The third kappa shape index (κ3) is 2.71. The molecular weight excluding hydrogens is 216 g/mol. The molecule has 0 saturated heterocycles. The van der Waals surface area contributed by atoms with E-state index < -0.39 is 0 Å². The summed E-state index contributed by atoms with van der Waals surface area (Å²) >= 11 is 0. The van der Waals surface area contributed by atoms with E-state index in [-0.39, 0.29) is 6.29 Å². The predicted molar refractivity (Wildman–Crippen MR) is 67.3 cm³/mol. The Labute approximate surface area is 98.4 Å². The second-order valence-electron chi connectivity index (χ2n) is 3.41. The molecule has 0 heterocycles. The molecule has 0 aromatic heterocycles. The number of hydrogen-bond acceptors (Lipinski definition) is 2. The Bertz CT molecular complexity index is 416. The Balaban J connectivity index is 2.13. The van der Waals surface area contributed by atoms with Gasteiger partial charge in [-0.3, -0.25) is 0 Å². The lowest BCUT2D eigenvalue weighted by atomic mass is 10.2. The van der Waals surface area contributed by atoms with E-state index in [1.165, 1.54) is 0 Å². The SMILES string of the molecule is [SiH3]OC(Oc1ccccc1)c1ccccc1. The lowest BCUT2D eigenvalue weighted by Gasteiger charge is -2.18. The molecule has 2 nitrogen and oxygen atoms in total. The van der Waals surface area contributed by atoms with Crippen LogP contribution in [0.25, 0.3) is 0 Å². The fraction of sp³-hybridized carbons (Fsp3) is 0.0769. The van der Waals surface area contributed by atoms with Gasteiger partial charge in [-0.05, 0) is 12.1 Å². The molecular formula is C13H14O2Si. The maximum Gasteiger partial charge on any atom is 0.216 e. The lowest BCUT2D eigenvalue weighted by molar-refractivity contribution is 0.0107. The van der Waals surface area contributed by atoms with Gasteiger partial charge in [-0.2, -0.15) is 0 Å². The van der Waals surface area contributed by atoms with Crippen molar-refractivity contribution in [1.82, 2.24) is 0 Å². The van der Waals surface area contributed by atoms with Crippen LogP contribution in [0.4, 0.5) is 0 Å². The molecule has 0 fully saturated rings. The van der Waals surface area contributed by atoms with Crippen molar-refractivity contribution >= 4 is 10.5 Å². The number of hydrogen-bond donors (Lipinski definition) is 0. The second kappa shape index (κ2) is 5.49. The highest BCUT2D eigenvalue weighted by Gasteiger charge is 2.10. The van der Waals surface area contributed by atoms with E-state index in [1.807, 2.05) is 60.7 Å². The van der Waals surface area contributed by atoms with Crippen LogP contribution in [0.3, 0.4) is 0 Å². The first-order valence-electron chi connectivity index (χ1n) is 5.19. The smallest absolute Gasteiger partial charge is 0.216 e. The summed E-state index contributed by atoms with van der Waals surface area (Å²) in [5.41, 5.74) is 1.04. The van der Waals surface area contributed by atoms with Crippen LogP contribution in [0.15, 0.2) is 60.7 Å². The van der Waals surface area contributed by atoms with E-state index in [1.54, 1.807) is 0 Å². The molecule has 16 heavy (non-hydrogen) atoms. The van der Waals surface area contributed by atoms with Crippen LogP contribution in [0.5, 0.6) is 5.75 Å². The normalized spacial score (nSPS) is 12.2. The minimum Gasteiger partial charge on any atom is -0.462 e. The highest BCUT2D eigenvalue weighted by Crippen LogP contribution is 2.21. The molecule has 2 aromatic carbocycles. The van der Waals surface area contributed by atoms with Crippen molar-refractivity contribution in [2.24, 2.45) is 0 Å². The summed E-state index contributed by atoms with van der Waals surface area (Å²) in [6, 6.07) is 19.7. The standard InChI is InChI=1S/C13H14O2Si/c16-15-13(11-7-3-1-4-8-11)14-12-9-5-2-6-10-12/h1-10,13H,16H3. The molecule has 82 valence electrons. The zero-order chi connectivity index (χ0) is 11.2. The minimum absolute atomic E-state index is 0.296. The van der Waals surface area contributed by atoms with E-state index in [4.69, 9.17) is 9.16 Å². The Kier molecular flexibility index (Phi) is 3.74. The Hall–Kier alpha value is -1.58. The summed E-state index contributed by atoms with van der Waals surface area (Å²) in [7, 11) is 0.643. The molecule has 0 bridgehead atoms. The van der Waals surface area contributed by atoms with E-state index in [2.05, 4.69) is 0 Å². The molecule has 1 atom stereocenters. The fourth-order valence-electron chi connectivity index (χ4n) is 1.49. The molecule has 2 rings (SSSR count). The summed E-state index contributed by atoms with van der Waals surface area (Å²) in [5.74, 6) is 0.826. The van der Waals surface area contributed by atoms with Gasteiger partial charge in [0, 0.05) is 5.56 Å². The maximum absolute atomic E-state index is 5.76. The predicted octanol–water partition coefficient (Wildman–Crippen LogP) is 2.06. The highest BCUT2D eigenvalue weighted by atomic mass is 28.2. The molecule has 0 amide bonds. The van der Waals surface area contributed by atoms with Gasteiger partial charge in [0.15, 0.2) is 10.5 Å². The molecule has 0 spiro atoms. The summed E-state index contributed by atoms with van der Waals surface area (Å²) < 4.78 is 11.2. The summed E-state index contributed by atoms with van der Waals surface area (Å²) in [6.07, 6.45) is -0.296. The van der Waals surface area contributed by atoms with Gasteiger partial charge in [0.05, 0.1) is 0 Å². The molecule has 0 radical (unpaired) electrons. The van der Waals surface area contributed by atoms with Crippen molar-refractivity contribution in [2.75, 3.05) is 0 Å². The van der Waals surface area contributed by atoms with Gasteiger partial charge in [-0.15, -0.1) is 0 Å². The zero-order valence-electron chi connectivity index (χ0n) is 9.17. The van der Waals surface area contributed by atoms with Gasteiger partial charge in [-0.25, -0.2) is 0 Å². The molecule has 0 N–H and O–H groups in total. The van der Waals surface area contributed by atoms with Crippen LogP contribution in [0, 0.1) is 0 Å². The van der Waals surface area contributed by atoms with Gasteiger partial charge in [0.25, 0.3) is 0 Å². The number of ether oxygens (including phenoxy) is 1. The second-order valence-corrected chi connectivity index (χ2v) is 3.88. The molecule has 1 unspecified atom stereocenters. The van der Waals surface area contributed by atoms with E-state index in [0.29, 0.717) is 10.5 Å². The summed E-state index contributed by atoms with van der Waals surface area (Å²) in [4.78, 5) is 0. The number of benzene rings is 2. The Morgan fingerprint density at radius 2 is 1.38 bits per heavy atom. The van der Waals surface area contributed by atoms with Crippen LogP contribution < -0.4 is 4.74 Å². The monoisotopic (exact) mass is 230 g/mol. The van der Waals surface area contributed by atoms with Gasteiger partial charge in [0.2, 0.25) is 6.29 Å². The van der Waals surface area contributed by atoms with E-state index in [0.717, 1.165) is 11.3 Å². The topological polar surface area (TPSA) is 18.5 Å². The van der Waals surface area contributed by atoms with Crippen molar-refractivity contribution in [3.05, 3.63) is 66.2 Å². The molecule has 0 aliphatic heterocycles. The van der Waals surface area contributed by atoms with Crippen molar-refractivity contribution in [3.63, 3.8) is 0 Å². The molecule has 0 saturated carbocycles. The van der Waals surface area contributed by atoms with Crippen molar-refractivity contribution in [2.45, 2.75) is 6.29 Å². The Morgan fingerprint density at radius 3 is 1.94 bits per heavy atom. The van der Waals surface area contributed by atoms with E-state index >= 15 is 0 Å². The van der Waals surface area contributed by atoms with Crippen LogP contribution in [0.2, 0.25) is 0 Å². The minimum atomic E-state index is -0.296.